The smallest absolute Gasteiger partial charge is 0.243 e. The molecule has 0 aromatic heterocycles. The number of carbonyl (C=O) groups excluding carboxylic acids is 1. The van der Waals surface area contributed by atoms with E-state index in [0.29, 0.717) is 17.5 Å². The summed E-state index contributed by atoms with van der Waals surface area (Å²) in [6.45, 7) is 6.04. The second kappa shape index (κ2) is 10.1. The van der Waals surface area contributed by atoms with E-state index in [1.54, 1.807) is 27.3 Å². The summed E-state index contributed by atoms with van der Waals surface area (Å²) in [7, 11) is 5.09. The molecular formula is C19H28ClN5O2. The fourth-order valence-electron chi connectivity index (χ4n) is 2.81. The van der Waals surface area contributed by atoms with Crippen LogP contribution in [0.1, 0.15) is 6.42 Å². The zero-order chi connectivity index (χ0) is 19.8. The van der Waals surface area contributed by atoms with E-state index in [1.807, 2.05) is 18.2 Å². The zero-order valence-corrected chi connectivity index (χ0v) is 16.9. The lowest BCUT2D eigenvalue weighted by Crippen LogP contribution is -2.45. The third-order valence-corrected chi connectivity index (χ3v) is 4.53. The molecule has 1 aromatic rings. The minimum Gasteiger partial charge on any atom is -0.495 e. The summed E-state index contributed by atoms with van der Waals surface area (Å²) in [5.41, 5.74) is 0.981. The van der Waals surface area contributed by atoms with Crippen LogP contribution in [0.25, 0.3) is 0 Å². The molecule has 1 atom stereocenters. The minimum atomic E-state index is -0.0496. The molecule has 1 aliphatic heterocycles. The van der Waals surface area contributed by atoms with Crippen molar-refractivity contribution >= 4 is 29.2 Å². The van der Waals surface area contributed by atoms with Gasteiger partial charge < -0.3 is 25.2 Å². The summed E-state index contributed by atoms with van der Waals surface area (Å²) < 4.78 is 5.46. The maximum atomic E-state index is 11.8. The molecule has 7 nitrogen and oxygen atoms in total. The first-order chi connectivity index (χ1) is 12.9. The number of nitrogens with zero attached hydrogens (tertiary/aromatic N) is 3. The minimum absolute atomic E-state index is 0.0496. The highest BCUT2D eigenvalue weighted by Crippen LogP contribution is 2.33. The number of ether oxygens (including phenoxy) is 1. The molecule has 1 unspecified atom stereocenters. The lowest BCUT2D eigenvalue weighted by atomic mass is 10.2. The van der Waals surface area contributed by atoms with Crippen LogP contribution in [0.4, 0.5) is 5.69 Å². The van der Waals surface area contributed by atoms with E-state index in [2.05, 4.69) is 27.1 Å². The first-order valence-corrected chi connectivity index (χ1v) is 9.26. The largest absolute Gasteiger partial charge is 0.495 e. The fourth-order valence-corrected chi connectivity index (χ4v) is 2.98. The Hall–Kier alpha value is -2.41. The summed E-state index contributed by atoms with van der Waals surface area (Å²) in [6, 6.07) is 5.81. The van der Waals surface area contributed by atoms with Crippen LogP contribution in [-0.2, 0) is 4.79 Å². The maximum Gasteiger partial charge on any atom is 0.243 e. The van der Waals surface area contributed by atoms with Crippen LogP contribution in [0, 0.1) is 0 Å². The van der Waals surface area contributed by atoms with Crippen molar-refractivity contribution in [3.63, 3.8) is 0 Å². The topological polar surface area (TPSA) is 69.2 Å². The van der Waals surface area contributed by atoms with Crippen LogP contribution in [0.15, 0.2) is 35.8 Å². The summed E-state index contributed by atoms with van der Waals surface area (Å²) in [5, 5.41) is 7.24. The number of anilines is 1. The molecule has 2 rings (SSSR count). The molecule has 0 spiro atoms. The summed E-state index contributed by atoms with van der Waals surface area (Å²) in [6.07, 6.45) is 2.69. The summed E-state index contributed by atoms with van der Waals surface area (Å²) >= 11 is 6.15. The molecular weight excluding hydrogens is 366 g/mol. The first kappa shape index (κ1) is 20.9. The first-order valence-electron chi connectivity index (χ1n) is 8.89. The number of benzene rings is 1. The maximum absolute atomic E-state index is 11.8. The Morgan fingerprint density at radius 3 is 2.96 bits per heavy atom. The number of methoxy groups -OCH3 is 1. The summed E-state index contributed by atoms with van der Waals surface area (Å²) in [4.78, 5) is 19.9. The van der Waals surface area contributed by atoms with E-state index in [9.17, 15) is 4.79 Å². The lowest BCUT2D eigenvalue weighted by Gasteiger charge is -2.22. The van der Waals surface area contributed by atoms with Crippen molar-refractivity contribution < 1.29 is 9.53 Å². The number of halogens is 1. The van der Waals surface area contributed by atoms with Crippen molar-refractivity contribution in [3.05, 3.63) is 35.9 Å². The van der Waals surface area contributed by atoms with Crippen molar-refractivity contribution in [3.8, 4) is 5.75 Å². The molecule has 1 aromatic carbocycles. The van der Waals surface area contributed by atoms with Gasteiger partial charge in [-0.25, -0.2) is 4.99 Å². The van der Waals surface area contributed by atoms with Crippen molar-refractivity contribution in [1.29, 1.82) is 0 Å². The highest BCUT2D eigenvalue weighted by atomic mass is 35.5. The van der Waals surface area contributed by atoms with Crippen molar-refractivity contribution in [1.82, 2.24) is 15.5 Å². The number of likely N-dealkylation sites (N-methyl/N-ethyl adjacent to an activating group) is 1. The number of carbonyl (C=O) groups is 1. The van der Waals surface area contributed by atoms with Crippen LogP contribution in [0.5, 0.6) is 5.75 Å². The van der Waals surface area contributed by atoms with Gasteiger partial charge in [0.05, 0.1) is 12.8 Å². The Kier molecular flexibility index (Phi) is 7.79. The molecule has 27 heavy (non-hydrogen) atoms. The zero-order valence-electron chi connectivity index (χ0n) is 16.2. The van der Waals surface area contributed by atoms with E-state index in [4.69, 9.17) is 16.3 Å². The van der Waals surface area contributed by atoms with Gasteiger partial charge in [-0.05, 0) is 24.6 Å². The van der Waals surface area contributed by atoms with Crippen molar-refractivity contribution in [2.45, 2.75) is 12.5 Å². The number of hydrogen-bond acceptors (Lipinski definition) is 4. The van der Waals surface area contributed by atoms with Gasteiger partial charge in [-0.3, -0.25) is 4.79 Å². The molecule has 148 valence electrons. The van der Waals surface area contributed by atoms with Crippen LogP contribution < -0.4 is 20.3 Å². The van der Waals surface area contributed by atoms with Gasteiger partial charge in [0.15, 0.2) is 5.96 Å². The lowest BCUT2D eigenvalue weighted by molar-refractivity contribution is -0.127. The number of amides is 1. The van der Waals surface area contributed by atoms with E-state index in [0.717, 1.165) is 30.9 Å². The number of nitrogens with one attached hydrogen (secondary N) is 2. The third-order valence-electron chi connectivity index (χ3n) is 4.30. The standard InChI is InChI=1S/C19H28ClN5O2/c1-5-9-21-19(22-12-18(26)24(2)3)23-15-8-10-25(13-15)16-11-14(20)6-7-17(16)27-4/h5-7,11,15H,1,8-10,12-13H2,2-4H3,(H2,21,22,23). The predicted molar refractivity (Wildman–Crippen MR) is 111 cm³/mol. The van der Waals surface area contributed by atoms with E-state index >= 15 is 0 Å². The Morgan fingerprint density at radius 1 is 1.52 bits per heavy atom. The van der Waals surface area contributed by atoms with E-state index < -0.39 is 0 Å². The van der Waals surface area contributed by atoms with Crippen LogP contribution >= 0.6 is 11.6 Å². The van der Waals surface area contributed by atoms with Gasteiger partial charge in [-0.2, -0.15) is 0 Å². The highest BCUT2D eigenvalue weighted by Gasteiger charge is 2.25. The molecule has 8 heteroatoms. The van der Waals surface area contributed by atoms with Gasteiger partial charge in [0.25, 0.3) is 0 Å². The number of aliphatic imine (C=N–C) groups is 1. The Morgan fingerprint density at radius 2 is 2.30 bits per heavy atom. The predicted octanol–water partition coefficient (Wildman–Crippen LogP) is 1.74. The van der Waals surface area contributed by atoms with Gasteiger partial charge >= 0.3 is 0 Å². The number of guanidine groups is 1. The van der Waals surface area contributed by atoms with Crippen molar-refractivity contribution in [2.75, 3.05) is 52.3 Å². The highest BCUT2D eigenvalue weighted by molar-refractivity contribution is 6.30. The summed E-state index contributed by atoms with van der Waals surface area (Å²) in [5.74, 6) is 1.36. The van der Waals surface area contributed by atoms with Gasteiger partial charge in [-0.1, -0.05) is 17.7 Å². The van der Waals surface area contributed by atoms with Crippen LogP contribution in [0.3, 0.4) is 0 Å². The SMILES string of the molecule is C=CCNC(=NCC(=O)N(C)C)NC1CCN(c2cc(Cl)ccc2OC)C1. The molecule has 2 N–H and O–H groups in total. The molecule has 0 bridgehead atoms. The molecule has 0 aliphatic carbocycles. The van der Waals surface area contributed by atoms with Gasteiger partial charge in [0.2, 0.25) is 5.91 Å². The normalized spacial score (nSPS) is 16.8. The number of hydrogen-bond donors (Lipinski definition) is 2. The van der Waals surface area contributed by atoms with Crippen LogP contribution in [0.2, 0.25) is 5.02 Å². The molecule has 1 aliphatic rings. The third kappa shape index (κ3) is 6.06. The van der Waals surface area contributed by atoms with Crippen molar-refractivity contribution in [2.24, 2.45) is 4.99 Å². The Labute approximate surface area is 166 Å². The molecule has 1 heterocycles. The molecule has 0 saturated carbocycles. The quantitative estimate of drug-likeness (QED) is 0.419. The molecule has 1 fully saturated rings. The molecule has 0 radical (unpaired) electrons. The van der Waals surface area contributed by atoms with Gasteiger partial charge in [0, 0.05) is 44.8 Å². The average Bonchev–Trinajstić information content (AvgIpc) is 3.11. The van der Waals surface area contributed by atoms with Gasteiger partial charge in [0.1, 0.15) is 12.3 Å². The fraction of sp³-hybridized carbons (Fsp3) is 0.474. The molecule has 1 amide bonds. The Balaban J connectivity index is 2.03. The van der Waals surface area contributed by atoms with E-state index in [-0.39, 0.29) is 18.5 Å². The van der Waals surface area contributed by atoms with Crippen LogP contribution in [-0.4, -0.2) is 70.2 Å². The average molecular weight is 394 g/mol. The molecule has 1 saturated heterocycles. The second-order valence-corrected chi connectivity index (χ2v) is 6.95. The van der Waals surface area contributed by atoms with Gasteiger partial charge in [-0.15, -0.1) is 6.58 Å². The Bertz CT molecular complexity index is 693. The second-order valence-electron chi connectivity index (χ2n) is 6.51. The number of rotatable bonds is 7. The van der Waals surface area contributed by atoms with E-state index in [1.165, 1.54) is 4.90 Å². The monoisotopic (exact) mass is 393 g/mol.